The van der Waals surface area contributed by atoms with Crippen molar-refractivity contribution in [2.75, 3.05) is 19.8 Å². The van der Waals surface area contributed by atoms with Gasteiger partial charge in [-0.15, -0.1) is 0 Å². The van der Waals surface area contributed by atoms with E-state index in [0.29, 0.717) is 6.42 Å². The van der Waals surface area contributed by atoms with E-state index in [2.05, 4.69) is 11.3 Å². The highest BCUT2D eigenvalue weighted by atomic mass is 19.4. The SMILES string of the molecule is C=C(COCCC(O)(C(F)(F)F)C(F)(F)F)C(=O)OCCCC. The number of alkyl halides is 6. The van der Waals surface area contributed by atoms with Crippen LogP contribution < -0.4 is 0 Å². The van der Waals surface area contributed by atoms with Crippen LogP contribution in [-0.2, 0) is 14.3 Å². The molecule has 0 saturated carbocycles. The topological polar surface area (TPSA) is 55.8 Å². The predicted octanol–water partition coefficient (Wildman–Crippen LogP) is 3.15. The van der Waals surface area contributed by atoms with Gasteiger partial charge in [0.2, 0.25) is 0 Å². The molecule has 0 amide bonds. The van der Waals surface area contributed by atoms with E-state index in [1.54, 1.807) is 0 Å². The third kappa shape index (κ3) is 6.38. The number of aliphatic hydroxyl groups is 1. The molecule has 23 heavy (non-hydrogen) atoms. The van der Waals surface area contributed by atoms with Crippen molar-refractivity contribution >= 4 is 5.97 Å². The Hall–Kier alpha value is -1.29. The molecule has 1 N–H and O–H groups in total. The molecule has 0 spiro atoms. The Morgan fingerprint density at radius 2 is 1.61 bits per heavy atom. The largest absolute Gasteiger partial charge is 0.462 e. The van der Waals surface area contributed by atoms with Crippen molar-refractivity contribution in [3.63, 3.8) is 0 Å². The second kappa shape index (κ2) is 8.53. The quantitative estimate of drug-likeness (QED) is 0.300. The van der Waals surface area contributed by atoms with Gasteiger partial charge in [0.25, 0.3) is 5.60 Å². The maximum atomic E-state index is 12.4. The van der Waals surface area contributed by atoms with Gasteiger partial charge in [-0.3, -0.25) is 0 Å². The molecule has 0 unspecified atom stereocenters. The normalized spacial score (nSPS) is 13.0. The van der Waals surface area contributed by atoms with Gasteiger partial charge in [0.15, 0.2) is 0 Å². The number of carbonyl (C=O) groups is 1. The van der Waals surface area contributed by atoms with E-state index < -0.39 is 43.6 Å². The lowest BCUT2D eigenvalue weighted by molar-refractivity contribution is -0.371. The fourth-order valence-electron chi connectivity index (χ4n) is 1.33. The molecule has 4 nitrogen and oxygen atoms in total. The zero-order valence-electron chi connectivity index (χ0n) is 12.4. The summed E-state index contributed by atoms with van der Waals surface area (Å²) < 4.78 is 83.5. The zero-order chi connectivity index (χ0) is 18.3. The molecule has 0 aromatic rings. The maximum absolute atomic E-state index is 12.4. The van der Waals surface area contributed by atoms with Gasteiger partial charge >= 0.3 is 18.3 Å². The predicted molar refractivity (Wildman–Crippen MR) is 67.5 cm³/mol. The summed E-state index contributed by atoms with van der Waals surface area (Å²) in [5, 5.41) is 8.86. The van der Waals surface area contributed by atoms with Crippen LogP contribution in [-0.4, -0.2) is 48.9 Å². The highest BCUT2D eigenvalue weighted by molar-refractivity contribution is 5.87. The van der Waals surface area contributed by atoms with Gasteiger partial charge in [-0.1, -0.05) is 19.9 Å². The number of unbranched alkanes of at least 4 members (excludes halogenated alkanes) is 1. The summed E-state index contributed by atoms with van der Waals surface area (Å²) >= 11 is 0. The van der Waals surface area contributed by atoms with Crippen LogP contribution in [0.15, 0.2) is 12.2 Å². The van der Waals surface area contributed by atoms with Crippen molar-refractivity contribution in [2.24, 2.45) is 0 Å². The summed E-state index contributed by atoms with van der Waals surface area (Å²) in [6, 6.07) is 0. The van der Waals surface area contributed by atoms with Gasteiger partial charge in [0, 0.05) is 6.42 Å². The van der Waals surface area contributed by atoms with Crippen molar-refractivity contribution in [2.45, 2.75) is 44.1 Å². The van der Waals surface area contributed by atoms with Crippen molar-refractivity contribution in [3.05, 3.63) is 12.2 Å². The molecule has 0 fully saturated rings. The molecule has 136 valence electrons. The fraction of sp³-hybridized carbons (Fsp3) is 0.769. The second-order valence-electron chi connectivity index (χ2n) is 4.75. The van der Waals surface area contributed by atoms with E-state index in [0.717, 1.165) is 6.42 Å². The molecule has 0 aliphatic carbocycles. The summed E-state index contributed by atoms with van der Waals surface area (Å²) in [5.74, 6) is -0.847. The fourth-order valence-corrected chi connectivity index (χ4v) is 1.33. The minimum atomic E-state index is -5.90. The molecule has 10 heteroatoms. The smallest absolute Gasteiger partial charge is 0.426 e. The number of esters is 1. The highest BCUT2D eigenvalue weighted by Gasteiger charge is 2.69. The van der Waals surface area contributed by atoms with Crippen LogP contribution in [0.2, 0.25) is 0 Å². The molecule has 0 aromatic heterocycles. The van der Waals surface area contributed by atoms with Gasteiger partial charge in [-0.05, 0) is 6.42 Å². The van der Waals surface area contributed by atoms with Crippen LogP contribution >= 0.6 is 0 Å². The van der Waals surface area contributed by atoms with Crippen LogP contribution in [0, 0.1) is 0 Å². The van der Waals surface area contributed by atoms with Crippen molar-refractivity contribution in [1.82, 2.24) is 0 Å². The molecule has 0 saturated heterocycles. The van der Waals surface area contributed by atoms with Crippen LogP contribution in [0.4, 0.5) is 26.3 Å². The summed E-state index contributed by atoms with van der Waals surface area (Å²) in [6.45, 7) is 3.56. The summed E-state index contributed by atoms with van der Waals surface area (Å²) in [5.41, 5.74) is -5.12. The average Bonchev–Trinajstić information content (AvgIpc) is 2.40. The van der Waals surface area contributed by atoms with Crippen LogP contribution in [0.5, 0.6) is 0 Å². The zero-order valence-corrected chi connectivity index (χ0v) is 12.4. The highest BCUT2D eigenvalue weighted by Crippen LogP contribution is 2.45. The molecular formula is C13H18F6O4. The first-order chi connectivity index (χ1) is 10.4. The Kier molecular flexibility index (Phi) is 8.05. The molecule has 0 heterocycles. The second-order valence-corrected chi connectivity index (χ2v) is 4.75. The monoisotopic (exact) mass is 352 g/mol. The number of hydrogen-bond acceptors (Lipinski definition) is 4. The Bertz CT molecular complexity index is 388. The van der Waals surface area contributed by atoms with E-state index in [4.69, 9.17) is 9.84 Å². The minimum absolute atomic E-state index is 0.121. The third-order valence-electron chi connectivity index (χ3n) is 2.84. The van der Waals surface area contributed by atoms with Gasteiger partial charge in [-0.2, -0.15) is 26.3 Å². The third-order valence-corrected chi connectivity index (χ3v) is 2.84. The Morgan fingerprint density at radius 1 is 1.09 bits per heavy atom. The first-order valence-electron chi connectivity index (χ1n) is 6.65. The Morgan fingerprint density at radius 3 is 2.04 bits per heavy atom. The first kappa shape index (κ1) is 21.7. The molecule has 0 radical (unpaired) electrons. The van der Waals surface area contributed by atoms with Gasteiger partial charge in [-0.25, -0.2) is 4.79 Å². The molecule has 0 rings (SSSR count). The van der Waals surface area contributed by atoms with Crippen molar-refractivity contribution in [3.8, 4) is 0 Å². The van der Waals surface area contributed by atoms with Crippen LogP contribution in [0.1, 0.15) is 26.2 Å². The standard InChI is InChI=1S/C13H18F6O4/c1-3-4-6-23-10(20)9(2)8-22-7-5-11(21,12(14,15)16)13(17,18)19/h21H,2-8H2,1H3. The minimum Gasteiger partial charge on any atom is -0.462 e. The Labute approximate surface area is 129 Å². The summed E-state index contributed by atoms with van der Waals surface area (Å²) in [7, 11) is 0. The molecule has 0 atom stereocenters. The summed E-state index contributed by atoms with van der Waals surface area (Å²) in [4.78, 5) is 11.3. The molecule has 0 bridgehead atoms. The van der Waals surface area contributed by atoms with E-state index in [1.165, 1.54) is 0 Å². The molecule has 0 aliphatic heterocycles. The number of hydrogen-bond donors (Lipinski definition) is 1. The average molecular weight is 352 g/mol. The van der Waals surface area contributed by atoms with E-state index in [9.17, 15) is 31.1 Å². The van der Waals surface area contributed by atoms with Gasteiger partial charge < -0.3 is 14.6 Å². The number of ether oxygens (including phenoxy) is 2. The lowest BCUT2D eigenvalue weighted by atomic mass is 9.99. The van der Waals surface area contributed by atoms with E-state index >= 15 is 0 Å². The number of carbonyl (C=O) groups excluding carboxylic acids is 1. The lowest BCUT2D eigenvalue weighted by Crippen LogP contribution is -2.57. The Balaban J connectivity index is 4.38. The van der Waals surface area contributed by atoms with Gasteiger partial charge in [0.05, 0.1) is 25.4 Å². The molecule has 0 aliphatic rings. The van der Waals surface area contributed by atoms with E-state index in [-0.39, 0.29) is 12.2 Å². The van der Waals surface area contributed by atoms with Crippen molar-refractivity contribution < 1.29 is 45.7 Å². The van der Waals surface area contributed by atoms with Gasteiger partial charge in [0.1, 0.15) is 0 Å². The van der Waals surface area contributed by atoms with Crippen LogP contribution in [0.3, 0.4) is 0 Å². The molecule has 0 aromatic carbocycles. The maximum Gasteiger partial charge on any atom is 0.426 e. The summed E-state index contributed by atoms with van der Waals surface area (Å²) in [6.07, 6.45) is -12.2. The number of rotatable bonds is 9. The first-order valence-corrected chi connectivity index (χ1v) is 6.65. The van der Waals surface area contributed by atoms with E-state index in [1.807, 2.05) is 6.92 Å². The number of halogens is 6. The van der Waals surface area contributed by atoms with Crippen LogP contribution in [0.25, 0.3) is 0 Å². The lowest BCUT2D eigenvalue weighted by Gasteiger charge is -2.32. The molecular weight excluding hydrogens is 334 g/mol. The van der Waals surface area contributed by atoms with Crippen molar-refractivity contribution in [1.29, 1.82) is 0 Å².